The first-order chi connectivity index (χ1) is 16.3. The Morgan fingerprint density at radius 2 is 1.06 bits per heavy atom. The van der Waals surface area contributed by atoms with Crippen LogP contribution < -0.4 is 4.90 Å². The molecule has 0 spiro atoms. The van der Waals surface area contributed by atoms with Gasteiger partial charge in [-0.2, -0.15) is 0 Å². The summed E-state index contributed by atoms with van der Waals surface area (Å²) in [6.07, 6.45) is 0. The molecule has 0 saturated heterocycles. The van der Waals surface area contributed by atoms with Crippen molar-refractivity contribution in [1.29, 1.82) is 0 Å². The average molecular weight is 425 g/mol. The number of para-hydroxylation sites is 1. The van der Waals surface area contributed by atoms with Crippen LogP contribution in [-0.4, -0.2) is 4.98 Å². The molecular formula is C31H24N2. The van der Waals surface area contributed by atoms with Gasteiger partial charge in [-0.3, -0.25) is 0 Å². The van der Waals surface area contributed by atoms with Gasteiger partial charge in [-0.25, -0.2) is 0 Å². The van der Waals surface area contributed by atoms with E-state index < -0.39 is 0 Å². The van der Waals surface area contributed by atoms with Gasteiger partial charge in [0, 0.05) is 38.9 Å². The number of nitrogens with zero attached hydrogens (tertiary/aromatic N) is 1. The van der Waals surface area contributed by atoms with Crippen molar-refractivity contribution in [2.24, 2.45) is 0 Å². The van der Waals surface area contributed by atoms with Crippen molar-refractivity contribution in [3.05, 3.63) is 127 Å². The van der Waals surface area contributed by atoms with E-state index >= 15 is 0 Å². The Bertz CT molecular complexity index is 1540. The summed E-state index contributed by atoms with van der Waals surface area (Å²) < 4.78 is 0. The van der Waals surface area contributed by atoms with Crippen LogP contribution in [0.25, 0.3) is 32.9 Å². The van der Waals surface area contributed by atoms with E-state index in [4.69, 9.17) is 0 Å². The predicted molar refractivity (Wildman–Crippen MR) is 141 cm³/mol. The van der Waals surface area contributed by atoms with Crippen LogP contribution in [0.5, 0.6) is 0 Å². The van der Waals surface area contributed by atoms with Crippen molar-refractivity contribution in [2.45, 2.75) is 6.92 Å². The fourth-order valence-electron chi connectivity index (χ4n) is 4.55. The van der Waals surface area contributed by atoms with Crippen molar-refractivity contribution < 1.29 is 0 Å². The van der Waals surface area contributed by atoms with Gasteiger partial charge in [0.1, 0.15) is 0 Å². The Morgan fingerprint density at radius 1 is 0.485 bits per heavy atom. The molecule has 0 aliphatic carbocycles. The van der Waals surface area contributed by atoms with Crippen LogP contribution in [0.4, 0.5) is 17.1 Å². The molecule has 0 aliphatic rings. The number of aryl methyl sites for hydroxylation is 1. The standard InChI is InChI=1S/C31H24N2/c1-22-11-15-25(16-12-22)33(26-17-13-24(14-18-26)23-7-3-2-4-8-23)27-19-20-31-29(21-27)28-9-5-6-10-30(28)32-31/h2-21,32H,1H3. The molecule has 0 bridgehead atoms. The van der Waals surface area contributed by atoms with Gasteiger partial charge in [0.05, 0.1) is 0 Å². The minimum absolute atomic E-state index is 1.14. The zero-order valence-electron chi connectivity index (χ0n) is 18.5. The molecule has 6 rings (SSSR count). The number of aromatic amines is 1. The zero-order chi connectivity index (χ0) is 22.2. The molecule has 0 fully saturated rings. The first kappa shape index (κ1) is 19.4. The van der Waals surface area contributed by atoms with E-state index in [1.807, 2.05) is 0 Å². The Morgan fingerprint density at radius 3 is 1.82 bits per heavy atom. The third-order valence-electron chi connectivity index (χ3n) is 6.27. The summed E-state index contributed by atoms with van der Waals surface area (Å²) in [6.45, 7) is 2.13. The number of aromatic nitrogens is 1. The molecule has 0 amide bonds. The smallest absolute Gasteiger partial charge is 0.0469 e. The number of hydrogen-bond acceptors (Lipinski definition) is 1. The van der Waals surface area contributed by atoms with E-state index in [0.717, 1.165) is 22.6 Å². The Balaban J connectivity index is 1.50. The number of rotatable bonds is 4. The van der Waals surface area contributed by atoms with Crippen LogP contribution >= 0.6 is 0 Å². The van der Waals surface area contributed by atoms with Gasteiger partial charge in [0.25, 0.3) is 0 Å². The van der Waals surface area contributed by atoms with Gasteiger partial charge in [-0.05, 0) is 66.6 Å². The van der Waals surface area contributed by atoms with Crippen molar-refractivity contribution in [1.82, 2.24) is 4.98 Å². The van der Waals surface area contributed by atoms with Crippen molar-refractivity contribution >= 4 is 38.9 Å². The van der Waals surface area contributed by atoms with Crippen LogP contribution in [-0.2, 0) is 0 Å². The van der Waals surface area contributed by atoms with Crippen LogP contribution in [0.3, 0.4) is 0 Å². The Hall–Kier alpha value is -4.30. The first-order valence-electron chi connectivity index (χ1n) is 11.3. The van der Waals surface area contributed by atoms with Crippen LogP contribution in [0.1, 0.15) is 5.56 Å². The third kappa shape index (κ3) is 3.56. The van der Waals surface area contributed by atoms with Gasteiger partial charge in [0.2, 0.25) is 0 Å². The average Bonchev–Trinajstić information content (AvgIpc) is 3.24. The maximum Gasteiger partial charge on any atom is 0.0469 e. The highest BCUT2D eigenvalue weighted by atomic mass is 15.1. The number of benzene rings is 5. The van der Waals surface area contributed by atoms with Crippen LogP contribution in [0, 0.1) is 6.92 Å². The summed E-state index contributed by atoms with van der Waals surface area (Å²) in [5.74, 6) is 0. The maximum absolute atomic E-state index is 3.54. The van der Waals surface area contributed by atoms with Crippen molar-refractivity contribution in [2.75, 3.05) is 4.90 Å². The number of hydrogen-bond donors (Lipinski definition) is 1. The summed E-state index contributed by atoms with van der Waals surface area (Å²) in [4.78, 5) is 5.87. The first-order valence-corrected chi connectivity index (χ1v) is 11.3. The molecule has 1 aromatic heterocycles. The summed E-state index contributed by atoms with van der Waals surface area (Å²) in [6, 6.07) is 43.2. The second kappa shape index (κ2) is 7.99. The van der Waals surface area contributed by atoms with Gasteiger partial charge in [-0.1, -0.05) is 78.4 Å². The lowest BCUT2D eigenvalue weighted by Crippen LogP contribution is -2.09. The zero-order valence-corrected chi connectivity index (χ0v) is 18.5. The van der Waals surface area contributed by atoms with Gasteiger partial charge >= 0.3 is 0 Å². The van der Waals surface area contributed by atoms with E-state index in [-0.39, 0.29) is 0 Å². The highest BCUT2D eigenvalue weighted by Crippen LogP contribution is 2.38. The van der Waals surface area contributed by atoms with E-state index in [1.165, 1.54) is 33.0 Å². The van der Waals surface area contributed by atoms with Crippen LogP contribution in [0.15, 0.2) is 121 Å². The quantitative estimate of drug-likeness (QED) is 0.300. The highest BCUT2D eigenvalue weighted by molar-refractivity contribution is 6.08. The SMILES string of the molecule is Cc1ccc(N(c2ccc(-c3ccccc3)cc2)c2ccc3[nH]c4ccccc4c3c2)cc1. The molecule has 0 atom stereocenters. The van der Waals surface area contributed by atoms with E-state index in [1.54, 1.807) is 0 Å². The largest absolute Gasteiger partial charge is 0.355 e. The molecule has 0 saturated carbocycles. The number of H-pyrrole nitrogens is 1. The third-order valence-corrected chi connectivity index (χ3v) is 6.27. The number of fused-ring (bicyclic) bond motifs is 3. The minimum Gasteiger partial charge on any atom is -0.355 e. The molecule has 5 aromatic carbocycles. The lowest BCUT2D eigenvalue weighted by atomic mass is 10.0. The minimum atomic E-state index is 1.14. The monoisotopic (exact) mass is 424 g/mol. The maximum atomic E-state index is 3.54. The summed E-state index contributed by atoms with van der Waals surface area (Å²) in [5, 5.41) is 2.48. The van der Waals surface area contributed by atoms with Gasteiger partial charge in [-0.15, -0.1) is 0 Å². The number of anilines is 3. The second-order valence-corrected chi connectivity index (χ2v) is 8.48. The fraction of sp³-hybridized carbons (Fsp3) is 0.0323. The van der Waals surface area contributed by atoms with Crippen LogP contribution in [0.2, 0.25) is 0 Å². The molecule has 0 unspecified atom stereocenters. The van der Waals surface area contributed by atoms with Crippen molar-refractivity contribution in [3.8, 4) is 11.1 Å². The molecular weight excluding hydrogens is 400 g/mol. The molecule has 0 aliphatic heterocycles. The number of nitrogens with one attached hydrogen (secondary N) is 1. The molecule has 0 radical (unpaired) electrons. The van der Waals surface area contributed by atoms with Gasteiger partial charge < -0.3 is 9.88 Å². The highest BCUT2D eigenvalue weighted by Gasteiger charge is 2.14. The molecule has 1 N–H and O–H groups in total. The molecule has 2 heteroatoms. The lowest BCUT2D eigenvalue weighted by Gasteiger charge is -2.26. The molecule has 158 valence electrons. The molecule has 33 heavy (non-hydrogen) atoms. The Kier molecular flexibility index (Phi) is 4.70. The van der Waals surface area contributed by atoms with Gasteiger partial charge in [0.15, 0.2) is 0 Å². The molecule has 2 nitrogen and oxygen atoms in total. The van der Waals surface area contributed by atoms with E-state index in [0.29, 0.717) is 0 Å². The Labute approximate surface area is 193 Å². The topological polar surface area (TPSA) is 19.0 Å². The predicted octanol–water partition coefficient (Wildman–Crippen LogP) is 8.77. The van der Waals surface area contributed by atoms with E-state index in [9.17, 15) is 0 Å². The summed E-state index contributed by atoms with van der Waals surface area (Å²) in [5.41, 5.74) is 9.45. The summed E-state index contributed by atoms with van der Waals surface area (Å²) >= 11 is 0. The lowest BCUT2D eigenvalue weighted by molar-refractivity contribution is 1.28. The fourth-order valence-corrected chi connectivity index (χ4v) is 4.55. The normalized spacial score (nSPS) is 11.2. The molecule has 1 heterocycles. The van der Waals surface area contributed by atoms with E-state index in [2.05, 4.69) is 138 Å². The molecule has 6 aromatic rings. The van der Waals surface area contributed by atoms with Crippen molar-refractivity contribution in [3.63, 3.8) is 0 Å². The second-order valence-electron chi connectivity index (χ2n) is 8.48. The summed E-state index contributed by atoms with van der Waals surface area (Å²) in [7, 11) is 0.